The molecule has 0 unspecified atom stereocenters. The zero-order chi connectivity index (χ0) is 15.3. The van der Waals surface area contributed by atoms with E-state index in [0.29, 0.717) is 5.92 Å². The quantitative estimate of drug-likeness (QED) is 0.786. The second kappa shape index (κ2) is 7.68. The summed E-state index contributed by atoms with van der Waals surface area (Å²) in [6, 6.07) is 0. The van der Waals surface area contributed by atoms with Crippen LogP contribution < -0.4 is 5.32 Å². The highest BCUT2D eigenvalue weighted by Gasteiger charge is 2.38. The molecule has 2 heterocycles. The Morgan fingerprint density at radius 1 is 1.43 bits per heavy atom. The Morgan fingerprint density at radius 3 is 2.67 bits per heavy atom. The van der Waals surface area contributed by atoms with Crippen molar-refractivity contribution in [1.82, 2.24) is 15.2 Å². The molecule has 0 atom stereocenters. The van der Waals surface area contributed by atoms with Gasteiger partial charge in [-0.15, -0.1) is 11.3 Å². The normalized spacial score (nSPS) is 19.3. The van der Waals surface area contributed by atoms with Crippen molar-refractivity contribution >= 4 is 11.3 Å². The molecule has 2 rings (SSSR count). The van der Waals surface area contributed by atoms with E-state index in [1.807, 2.05) is 11.3 Å². The van der Waals surface area contributed by atoms with Crippen LogP contribution in [0.1, 0.15) is 50.2 Å². The Balaban J connectivity index is 2.14. The molecule has 0 bridgehead atoms. The van der Waals surface area contributed by atoms with Gasteiger partial charge in [0.15, 0.2) is 0 Å². The molecule has 1 aliphatic rings. The van der Waals surface area contributed by atoms with E-state index < -0.39 is 0 Å². The van der Waals surface area contributed by atoms with Crippen LogP contribution in [0.2, 0.25) is 0 Å². The van der Waals surface area contributed by atoms with Crippen LogP contribution in [0.3, 0.4) is 0 Å². The summed E-state index contributed by atoms with van der Waals surface area (Å²) in [6.45, 7) is 11.7. The van der Waals surface area contributed by atoms with Crippen molar-refractivity contribution in [3.63, 3.8) is 0 Å². The number of hydrogen-bond donors (Lipinski definition) is 1. The Labute approximate surface area is 132 Å². The van der Waals surface area contributed by atoms with Gasteiger partial charge in [0.05, 0.1) is 17.8 Å². The van der Waals surface area contributed by atoms with E-state index in [9.17, 15) is 0 Å². The van der Waals surface area contributed by atoms with Crippen LogP contribution in [-0.4, -0.2) is 49.8 Å². The Bertz CT molecular complexity index is 419. The Morgan fingerprint density at radius 2 is 2.14 bits per heavy atom. The zero-order valence-corrected chi connectivity index (χ0v) is 14.6. The Kier molecular flexibility index (Phi) is 6.17. The number of hydrogen-bond acceptors (Lipinski definition) is 5. The largest absolute Gasteiger partial charge is 0.383 e. The number of likely N-dealkylation sites (tertiary alicyclic amines) is 1. The molecule has 0 amide bonds. The van der Waals surface area contributed by atoms with E-state index >= 15 is 0 Å². The number of piperidine rings is 1. The van der Waals surface area contributed by atoms with E-state index in [0.717, 1.165) is 45.6 Å². The summed E-state index contributed by atoms with van der Waals surface area (Å²) in [5, 5.41) is 7.24. The minimum Gasteiger partial charge on any atom is -0.383 e. The summed E-state index contributed by atoms with van der Waals surface area (Å²) >= 11 is 1.82. The van der Waals surface area contributed by atoms with E-state index in [4.69, 9.17) is 9.72 Å². The van der Waals surface area contributed by atoms with Gasteiger partial charge in [-0.25, -0.2) is 4.98 Å². The summed E-state index contributed by atoms with van der Waals surface area (Å²) in [4.78, 5) is 7.45. The highest BCUT2D eigenvalue weighted by atomic mass is 32.1. The minimum absolute atomic E-state index is 0.0437. The van der Waals surface area contributed by atoms with Crippen LogP contribution in [0.4, 0.5) is 0 Å². The molecular weight excluding hydrogens is 282 g/mol. The van der Waals surface area contributed by atoms with Gasteiger partial charge in [0.2, 0.25) is 0 Å². The first-order valence-corrected chi connectivity index (χ1v) is 8.91. The lowest BCUT2D eigenvalue weighted by molar-refractivity contribution is 0.123. The number of rotatable bonds is 7. The fraction of sp³-hybridized carbons (Fsp3) is 0.812. The van der Waals surface area contributed by atoms with Crippen molar-refractivity contribution in [2.24, 2.45) is 0 Å². The molecule has 0 aromatic carbocycles. The maximum absolute atomic E-state index is 5.21. The minimum atomic E-state index is 0.0437. The highest BCUT2D eigenvalue weighted by Crippen LogP contribution is 2.35. The van der Waals surface area contributed by atoms with E-state index in [-0.39, 0.29) is 5.54 Å². The van der Waals surface area contributed by atoms with Crippen molar-refractivity contribution in [1.29, 1.82) is 0 Å². The standard InChI is InChI=1S/C16H29N3OS/c1-5-19-9-6-16(7-10-19,17-8-11-20-4)15-18-14(12-21-15)13(2)3/h12-13,17H,5-11H2,1-4H3. The monoisotopic (exact) mass is 311 g/mol. The molecule has 1 aromatic heterocycles. The molecule has 120 valence electrons. The number of nitrogens with zero attached hydrogens (tertiary/aromatic N) is 2. The van der Waals surface area contributed by atoms with Crippen LogP contribution in [0, 0.1) is 0 Å². The molecule has 1 aromatic rings. The molecule has 0 aliphatic carbocycles. The molecule has 0 radical (unpaired) electrons. The van der Waals surface area contributed by atoms with Gasteiger partial charge >= 0.3 is 0 Å². The molecule has 4 nitrogen and oxygen atoms in total. The van der Waals surface area contributed by atoms with Crippen LogP contribution in [0.5, 0.6) is 0 Å². The Hall–Kier alpha value is -0.490. The van der Waals surface area contributed by atoms with E-state index in [1.54, 1.807) is 7.11 Å². The highest BCUT2D eigenvalue weighted by molar-refractivity contribution is 7.09. The molecule has 0 spiro atoms. The summed E-state index contributed by atoms with van der Waals surface area (Å²) in [7, 11) is 1.76. The number of thiazole rings is 1. The van der Waals surface area contributed by atoms with Crippen LogP contribution in [0.15, 0.2) is 5.38 Å². The number of ether oxygens (including phenoxy) is 1. The predicted molar refractivity (Wildman–Crippen MR) is 89.1 cm³/mol. The average molecular weight is 311 g/mol. The zero-order valence-electron chi connectivity index (χ0n) is 13.8. The summed E-state index contributed by atoms with van der Waals surface area (Å²) < 4.78 is 5.21. The van der Waals surface area contributed by atoms with Crippen molar-refractivity contribution in [3.05, 3.63) is 16.1 Å². The first-order chi connectivity index (χ1) is 10.1. The predicted octanol–water partition coefficient (Wildman–Crippen LogP) is 2.81. The van der Waals surface area contributed by atoms with Crippen molar-refractivity contribution in [2.75, 3.05) is 39.9 Å². The summed E-state index contributed by atoms with van der Waals surface area (Å²) in [5.74, 6) is 0.502. The number of aromatic nitrogens is 1. The second-order valence-corrected chi connectivity index (χ2v) is 7.03. The van der Waals surface area contributed by atoms with Gasteiger partial charge in [-0.1, -0.05) is 20.8 Å². The molecular formula is C16H29N3OS. The number of methoxy groups -OCH3 is 1. The first kappa shape index (κ1) is 16.9. The SMILES string of the molecule is CCN1CCC(NCCOC)(c2nc(C(C)C)cs2)CC1. The lowest BCUT2D eigenvalue weighted by Gasteiger charge is -2.41. The van der Waals surface area contributed by atoms with Gasteiger partial charge in [-0.2, -0.15) is 0 Å². The molecule has 1 aliphatic heterocycles. The number of nitrogens with one attached hydrogen (secondary N) is 1. The van der Waals surface area contributed by atoms with Gasteiger partial charge in [0, 0.05) is 32.1 Å². The summed E-state index contributed by atoms with van der Waals surface area (Å²) in [6.07, 6.45) is 2.27. The fourth-order valence-electron chi connectivity index (χ4n) is 2.88. The maximum Gasteiger partial charge on any atom is 0.113 e. The van der Waals surface area contributed by atoms with Crippen molar-refractivity contribution in [2.45, 2.75) is 45.1 Å². The lowest BCUT2D eigenvalue weighted by Crippen LogP contribution is -2.51. The molecule has 1 N–H and O–H groups in total. The average Bonchev–Trinajstić information content (AvgIpc) is 2.99. The van der Waals surface area contributed by atoms with E-state index in [1.165, 1.54) is 10.7 Å². The van der Waals surface area contributed by atoms with Gasteiger partial charge in [-0.05, 0) is 25.3 Å². The molecule has 1 fully saturated rings. The van der Waals surface area contributed by atoms with Gasteiger partial charge < -0.3 is 15.0 Å². The maximum atomic E-state index is 5.21. The van der Waals surface area contributed by atoms with Gasteiger partial charge in [0.1, 0.15) is 5.01 Å². The third-order valence-corrected chi connectivity index (χ3v) is 5.51. The second-order valence-electron chi connectivity index (χ2n) is 6.17. The van der Waals surface area contributed by atoms with Crippen LogP contribution in [-0.2, 0) is 10.3 Å². The van der Waals surface area contributed by atoms with Crippen molar-refractivity contribution < 1.29 is 4.74 Å². The molecule has 5 heteroatoms. The van der Waals surface area contributed by atoms with Gasteiger partial charge in [0.25, 0.3) is 0 Å². The lowest BCUT2D eigenvalue weighted by atomic mass is 9.87. The smallest absolute Gasteiger partial charge is 0.113 e. The molecule has 0 saturated carbocycles. The van der Waals surface area contributed by atoms with Crippen LogP contribution in [0.25, 0.3) is 0 Å². The third kappa shape index (κ3) is 4.03. The third-order valence-electron chi connectivity index (χ3n) is 4.45. The van der Waals surface area contributed by atoms with Crippen molar-refractivity contribution in [3.8, 4) is 0 Å². The van der Waals surface area contributed by atoms with E-state index in [2.05, 4.69) is 36.4 Å². The van der Waals surface area contributed by atoms with Crippen LogP contribution >= 0.6 is 11.3 Å². The fourth-order valence-corrected chi connectivity index (χ4v) is 4.10. The summed E-state index contributed by atoms with van der Waals surface area (Å²) in [5.41, 5.74) is 1.27. The molecule has 1 saturated heterocycles. The topological polar surface area (TPSA) is 37.4 Å². The van der Waals surface area contributed by atoms with Gasteiger partial charge in [-0.3, -0.25) is 0 Å². The molecule has 21 heavy (non-hydrogen) atoms. The first-order valence-electron chi connectivity index (χ1n) is 8.03.